The maximum absolute atomic E-state index is 13.1. The first-order valence-corrected chi connectivity index (χ1v) is 6.16. The molecule has 0 spiro atoms. The second-order valence-corrected chi connectivity index (χ2v) is 4.65. The van der Waals surface area contributed by atoms with Gasteiger partial charge in [0.15, 0.2) is 17.5 Å². The van der Waals surface area contributed by atoms with Crippen LogP contribution in [0.1, 0.15) is 12.1 Å². The van der Waals surface area contributed by atoms with Crippen LogP contribution in [-0.4, -0.2) is 16.1 Å². The van der Waals surface area contributed by atoms with Gasteiger partial charge in [0.05, 0.1) is 12.1 Å². The van der Waals surface area contributed by atoms with E-state index in [2.05, 4.69) is 4.98 Å². The molecule has 0 aliphatic heterocycles. The molecule has 7 heteroatoms. The van der Waals surface area contributed by atoms with Crippen LogP contribution in [0, 0.1) is 17.5 Å². The SMILES string of the molecule is O=C(O)CCc1csc(-c2cc(F)c(F)c(F)c2)n1. The molecule has 2 aromatic rings. The van der Waals surface area contributed by atoms with Crippen molar-refractivity contribution in [2.75, 3.05) is 0 Å². The number of aliphatic carboxylic acids is 1. The Bertz CT molecular complexity index is 604. The summed E-state index contributed by atoms with van der Waals surface area (Å²) in [6.07, 6.45) is 0.160. The summed E-state index contributed by atoms with van der Waals surface area (Å²) in [7, 11) is 0. The number of aryl methyl sites for hydroxylation is 1. The zero-order valence-corrected chi connectivity index (χ0v) is 10.3. The molecular weight excluding hydrogens is 279 g/mol. The van der Waals surface area contributed by atoms with E-state index in [9.17, 15) is 18.0 Å². The van der Waals surface area contributed by atoms with Crippen LogP contribution in [0.5, 0.6) is 0 Å². The molecule has 0 aliphatic carbocycles. The topological polar surface area (TPSA) is 50.2 Å². The molecule has 2 rings (SSSR count). The maximum Gasteiger partial charge on any atom is 0.303 e. The molecule has 0 saturated carbocycles. The fourth-order valence-corrected chi connectivity index (χ4v) is 2.31. The van der Waals surface area contributed by atoms with Gasteiger partial charge < -0.3 is 5.11 Å². The summed E-state index contributed by atoms with van der Waals surface area (Å²) < 4.78 is 39.0. The maximum atomic E-state index is 13.1. The van der Waals surface area contributed by atoms with E-state index < -0.39 is 23.4 Å². The van der Waals surface area contributed by atoms with Gasteiger partial charge in [-0.3, -0.25) is 4.79 Å². The number of hydrogen-bond acceptors (Lipinski definition) is 3. The average molecular weight is 287 g/mol. The Morgan fingerprint density at radius 2 is 1.89 bits per heavy atom. The van der Waals surface area contributed by atoms with Crippen molar-refractivity contribution in [3.63, 3.8) is 0 Å². The Balaban J connectivity index is 2.25. The minimum atomic E-state index is -1.52. The highest BCUT2D eigenvalue weighted by atomic mass is 32.1. The summed E-state index contributed by atoms with van der Waals surface area (Å²) in [5.41, 5.74) is 0.649. The molecule has 100 valence electrons. The standard InChI is InChI=1S/C12H8F3NO2S/c13-8-3-6(4-9(14)11(8)15)12-16-7(5-19-12)1-2-10(17)18/h3-5H,1-2H2,(H,17,18). The lowest BCUT2D eigenvalue weighted by molar-refractivity contribution is -0.136. The second-order valence-electron chi connectivity index (χ2n) is 3.79. The first-order chi connectivity index (χ1) is 8.97. The van der Waals surface area contributed by atoms with Crippen LogP contribution in [0.2, 0.25) is 0 Å². The van der Waals surface area contributed by atoms with Gasteiger partial charge in [0, 0.05) is 17.4 Å². The quantitative estimate of drug-likeness (QED) is 0.878. The van der Waals surface area contributed by atoms with Crippen molar-refractivity contribution >= 4 is 17.3 Å². The van der Waals surface area contributed by atoms with E-state index in [0.29, 0.717) is 10.7 Å². The summed E-state index contributed by atoms with van der Waals surface area (Å²) in [6, 6.07) is 1.72. The first-order valence-electron chi connectivity index (χ1n) is 5.28. The minimum Gasteiger partial charge on any atom is -0.481 e. The summed E-state index contributed by atoms with van der Waals surface area (Å²) in [6.45, 7) is 0. The van der Waals surface area contributed by atoms with Crippen molar-refractivity contribution in [3.05, 3.63) is 40.7 Å². The number of carboxylic acids is 1. The van der Waals surface area contributed by atoms with Crippen molar-refractivity contribution < 1.29 is 23.1 Å². The number of carbonyl (C=O) groups is 1. The zero-order chi connectivity index (χ0) is 14.0. The third-order valence-corrected chi connectivity index (χ3v) is 3.32. The predicted octanol–water partition coefficient (Wildman–Crippen LogP) is 3.24. The fraction of sp³-hybridized carbons (Fsp3) is 0.167. The lowest BCUT2D eigenvalue weighted by atomic mass is 10.2. The van der Waals surface area contributed by atoms with Gasteiger partial charge in [-0.15, -0.1) is 11.3 Å². The molecule has 3 nitrogen and oxygen atoms in total. The molecule has 0 radical (unpaired) electrons. The molecule has 0 amide bonds. The molecule has 0 unspecified atom stereocenters. The van der Waals surface area contributed by atoms with Crippen LogP contribution in [0.15, 0.2) is 17.5 Å². The molecule has 0 saturated heterocycles. The van der Waals surface area contributed by atoms with E-state index in [0.717, 1.165) is 23.5 Å². The highest BCUT2D eigenvalue weighted by molar-refractivity contribution is 7.13. The number of nitrogens with zero attached hydrogens (tertiary/aromatic N) is 1. The molecule has 1 aromatic carbocycles. The van der Waals surface area contributed by atoms with Crippen molar-refractivity contribution in [1.82, 2.24) is 4.98 Å². The monoisotopic (exact) mass is 287 g/mol. The number of benzene rings is 1. The van der Waals surface area contributed by atoms with Crippen molar-refractivity contribution in [2.24, 2.45) is 0 Å². The van der Waals surface area contributed by atoms with E-state index >= 15 is 0 Å². The third-order valence-electron chi connectivity index (χ3n) is 2.38. The van der Waals surface area contributed by atoms with Gasteiger partial charge in [-0.1, -0.05) is 0 Å². The summed E-state index contributed by atoms with van der Waals surface area (Å²) in [4.78, 5) is 14.5. The Labute approximate surface area is 110 Å². The highest BCUT2D eigenvalue weighted by Gasteiger charge is 2.14. The lowest BCUT2D eigenvalue weighted by Crippen LogP contribution is -1.97. The smallest absolute Gasteiger partial charge is 0.303 e. The Morgan fingerprint density at radius 3 is 2.47 bits per heavy atom. The molecule has 1 N–H and O–H groups in total. The van der Waals surface area contributed by atoms with Crippen molar-refractivity contribution in [3.8, 4) is 10.6 Å². The van der Waals surface area contributed by atoms with Crippen LogP contribution in [-0.2, 0) is 11.2 Å². The van der Waals surface area contributed by atoms with E-state index in [-0.39, 0.29) is 18.4 Å². The van der Waals surface area contributed by atoms with E-state index in [4.69, 9.17) is 5.11 Å². The molecular formula is C12H8F3NO2S. The Hall–Kier alpha value is -1.89. The third kappa shape index (κ3) is 3.11. The number of rotatable bonds is 4. The molecule has 0 atom stereocenters. The normalized spacial score (nSPS) is 10.7. The van der Waals surface area contributed by atoms with Gasteiger partial charge in [0.25, 0.3) is 0 Å². The van der Waals surface area contributed by atoms with Crippen LogP contribution >= 0.6 is 11.3 Å². The van der Waals surface area contributed by atoms with Crippen molar-refractivity contribution in [2.45, 2.75) is 12.8 Å². The van der Waals surface area contributed by atoms with Crippen molar-refractivity contribution in [1.29, 1.82) is 0 Å². The zero-order valence-electron chi connectivity index (χ0n) is 9.49. The molecule has 0 aliphatic rings. The highest BCUT2D eigenvalue weighted by Crippen LogP contribution is 2.27. The number of carboxylic acid groups (broad SMARTS) is 1. The number of aromatic nitrogens is 1. The molecule has 19 heavy (non-hydrogen) atoms. The van der Waals surface area contributed by atoms with Gasteiger partial charge >= 0.3 is 5.97 Å². The summed E-state index contributed by atoms with van der Waals surface area (Å²) in [5.74, 6) is -5.03. The van der Waals surface area contributed by atoms with Gasteiger partial charge in [-0.2, -0.15) is 0 Å². The number of halogens is 3. The lowest BCUT2D eigenvalue weighted by Gasteiger charge is -1.99. The largest absolute Gasteiger partial charge is 0.481 e. The summed E-state index contributed by atoms with van der Waals surface area (Å²) >= 11 is 1.12. The fourth-order valence-electron chi connectivity index (χ4n) is 1.47. The van der Waals surface area contributed by atoms with E-state index in [1.54, 1.807) is 5.38 Å². The van der Waals surface area contributed by atoms with Gasteiger partial charge in [0.2, 0.25) is 0 Å². The van der Waals surface area contributed by atoms with Gasteiger partial charge in [0.1, 0.15) is 5.01 Å². The summed E-state index contributed by atoms with van der Waals surface area (Å²) in [5, 5.41) is 10.5. The van der Waals surface area contributed by atoms with Gasteiger partial charge in [-0.05, 0) is 12.1 Å². The first kappa shape index (κ1) is 13.5. The van der Waals surface area contributed by atoms with Crippen LogP contribution in [0.25, 0.3) is 10.6 Å². The molecule has 0 fully saturated rings. The van der Waals surface area contributed by atoms with Crippen LogP contribution in [0.4, 0.5) is 13.2 Å². The Kier molecular flexibility index (Phi) is 3.84. The van der Waals surface area contributed by atoms with Crippen LogP contribution in [0.3, 0.4) is 0 Å². The average Bonchev–Trinajstić information content (AvgIpc) is 2.81. The number of hydrogen-bond donors (Lipinski definition) is 1. The minimum absolute atomic E-state index is 0.0741. The predicted molar refractivity (Wildman–Crippen MR) is 63.4 cm³/mol. The van der Waals surface area contributed by atoms with Gasteiger partial charge in [-0.25, -0.2) is 18.2 Å². The number of thiazole rings is 1. The van der Waals surface area contributed by atoms with E-state index in [1.807, 2.05) is 0 Å². The second kappa shape index (κ2) is 5.40. The van der Waals surface area contributed by atoms with E-state index in [1.165, 1.54) is 0 Å². The molecule has 1 aromatic heterocycles. The van der Waals surface area contributed by atoms with Crippen LogP contribution < -0.4 is 0 Å². The Morgan fingerprint density at radius 1 is 1.26 bits per heavy atom. The molecule has 1 heterocycles. The molecule has 0 bridgehead atoms.